The van der Waals surface area contributed by atoms with E-state index in [0.29, 0.717) is 10.4 Å². The molecule has 180 valence electrons. The average molecular weight is 504 g/mol. The fourth-order valence-electron chi connectivity index (χ4n) is 3.96. The predicted molar refractivity (Wildman–Crippen MR) is 128 cm³/mol. The van der Waals surface area contributed by atoms with Gasteiger partial charge >= 0.3 is 5.69 Å². The quantitative estimate of drug-likeness (QED) is 0.400. The Morgan fingerprint density at radius 1 is 1.12 bits per heavy atom. The molecule has 0 atom stereocenters. The lowest BCUT2D eigenvalue weighted by Crippen LogP contribution is -2.40. The molecule has 1 saturated carbocycles. The second-order valence-corrected chi connectivity index (χ2v) is 12.1. The Balaban J connectivity index is 1.70. The highest BCUT2D eigenvalue weighted by molar-refractivity contribution is 7.91. The van der Waals surface area contributed by atoms with Crippen LogP contribution in [0.3, 0.4) is 0 Å². The van der Waals surface area contributed by atoms with Crippen LogP contribution in [-0.4, -0.2) is 42.7 Å². The average Bonchev–Trinajstić information content (AvgIpc) is 3.11. The molecule has 4 aromatic rings. The Morgan fingerprint density at radius 2 is 1.85 bits per heavy atom. The summed E-state index contributed by atoms with van der Waals surface area (Å²) in [4.78, 5) is 27.2. The lowest BCUT2D eigenvalue weighted by molar-refractivity contribution is 0.560. The van der Waals surface area contributed by atoms with Crippen LogP contribution in [0.4, 0.5) is 0 Å². The molecule has 0 unspecified atom stereocenters. The van der Waals surface area contributed by atoms with Crippen LogP contribution >= 0.6 is 11.3 Å². The van der Waals surface area contributed by atoms with E-state index >= 15 is 0 Å². The van der Waals surface area contributed by atoms with Gasteiger partial charge < -0.3 is 0 Å². The molecule has 1 aliphatic rings. The third-order valence-electron chi connectivity index (χ3n) is 6.06. The van der Waals surface area contributed by atoms with Crippen LogP contribution in [0, 0.1) is 6.92 Å². The number of aryl methyl sites for hydroxylation is 3. The molecule has 4 aromatic heterocycles. The lowest BCUT2D eigenvalue weighted by atomic mass is 10.2. The van der Waals surface area contributed by atoms with Gasteiger partial charge in [0.15, 0.2) is 0 Å². The van der Waals surface area contributed by atoms with Crippen molar-refractivity contribution in [1.29, 1.82) is 0 Å². The Bertz CT molecular complexity index is 1650. The third kappa shape index (κ3) is 4.03. The van der Waals surface area contributed by atoms with Crippen LogP contribution in [0.5, 0.6) is 0 Å². The van der Waals surface area contributed by atoms with Crippen molar-refractivity contribution in [3.05, 3.63) is 62.3 Å². The van der Waals surface area contributed by atoms with E-state index in [-0.39, 0.29) is 22.7 Å². The molecule has 0 bridgehead atoms. The number of fused-ring (bicyclic) bond motifs is 1. The summed E-state index contributed by atoms with van der Waals surface area (Å²) in [5.74, 6) is 0. The van der Waals surface area contributed by atoms with Gasteiger partial charge in [-0.1, -0.05) is 0 Å². The molecule has 13 heteroatoms. The van der Waals surface area contributed by atoms with Crippen molar-refractivity contribution in [3.8, 4) is 0 Å². The smallest absolute Gasteiger partial charge is 0.280 e. The SMILES string of the molecule is Cc1nn(C)cc1Cn1c(=O)n(Cc2cnn(C)c2)c(=O)c2cc(S(=O)(=O)NC3(C)CC3)sc21. The Labute approximate surface area is 199 Å². The molecule has 0 amide bonds. The first-order chi connectivity index (χ1) is 16.0. The predicted octanol–water partition coefficient (Wildman–Crippen LogP) is 0.928. The monoisotopic (exact) mass is 503 g/mol. The summed E-state index contributed by atoms with van der Waals surface area (Å²) in [5.41, 5.74) is 0.744. The topological polar surface area (TPSA) is 126 Å². The minimum Gasteiger partial charge on any atom is -0.280 e. The van der Waals surface area contributed by atoms with E-state index in [9.17, 15) is 18.0 Å². The van der Waals surface area contributed by atoms with E-state index in [4.69, 9.17) is 0 Å². The highest BCUT2D eigenvalue weighted by atomic mass is 32.2. The zero-order valence-electron chi connectivity index (χ0n) is 19.3. The molecule has 1 aliphatic carbocycles. The van der Waals surface area contributed by atoms with Crippen molar-refractivity contribution < 1.29 is 8.42 Å². The maximum Gasteiger partial charge on any atom is 0.332 e. The van der Waals surface area contributed by atoms with Gasteiger partial charge in [0.05, 0.1) is 30.4 Å². The zero-order chi connectivity index (χ0) is 24.4. The molecule has 0 radical (unpaired) electrons. The zero-order valence-corrected chi connectivity index (χ0v) is 20.9. The van der Waals surface area contributed by atoms with E-state index in [0.717, 1.165) is 40.0 Å². The van der Waals surface area contributed by atoms with Gasteiger partial charge in [-0.15, -0.1) is 11.3 Å². The molecule has 1 N–H and O–H groups in total. The summed E-state index contributed by atoms with van der Waals surface area (Å²) >= 11 is 0.934. The second kappa shape index (κ2) is 7.75. The van der Waals surface area contributed by atoms with E-state index in [1.165, 1.54) is 10.6 Å². The van der Waals surface area contributed by atoms with Gasteiger partial charge in [0, 0.05) is 43.2 Å². The molecule has 4 heterocycles. The molecule has 1 fully saturated rings. The number of thiophene rings is 1. The van der Waals surface area contributed by atoms with Crippen molar-refractivity contribution in [2.24, 2.45) is 14.1 Å². The van der Waals surface area contributed by atoms with Crippen LogP contribution in [0.2, 0.25) is 0 Å². The number of nitrogens with zero attached hydrogens (tertiary/aromatic N) is 6. The molecule has 0 aliphatic heterocycles. The van der Waals surface area contributed by atoms with Crippen molar-refractivity contribution in [3.63, 3.8) is 0 Å². The number of nitrogens with one attached hydrogen (secondary N) is 1. The van der Waals surface area contributed by atoms with Gasteiger partial charge in [-0.3, -0.25) is 23.3 Å². The Kier molecular flexibility index (Phi) is 5.18. The minimum absolute atomic E-state index is 0.0166. The molecule has 0 saturated heterocycles. The van der Waals surface area contributed by atoms with Crippen LogP contribution < -0.4 is 16.0 Å². The molecule has 0 aromatic carbocycles. The fourth-order valence-corrected chi connectivity index (χ4v) is 6.87. The summed E-state index contributed by atoms with van der Waals surface area (Å²) in [5, 5.41) is 8.64. The van der Waals surface area contributed by atoms with Crippen molar-refractivity contribution in [2.45, 2.75) is 49.5 Å². The van der Waals surface area contributed by atoms with E-state index in [2.05, 4.69) is 14.9 Å². The number of sulfonamides is 1. The minimum atomic E-state index is -3.83. The molecular weight excluding hydrogens is 478 g/mol. The van der Waals surface area contributed by atoms with Crippen LogP contribution in [-0.2, 0) is 37.2 Å². The van der Waals surface area contributed by atoms with Gasteiger partial charge in [0.25, 0.3) is 15.6 Å². The molecule has 0 spiro atoms. The van der Waals surface area contributed by atoms with Crippen molar-refractivity contribution in [2.75, 3.05) is 0 Å². The third-order valence-corrected chi connectivity index (χ3v) is 9.33. The van der Waals surface area contributed by atoms with Gasteiger partial charge in [0.1, 0.15) is 9.04 Å². The number of hydrogen-bond acceptors (Lipinski definition) is 7. The Morgan fingerprint density at radius 3 is 2.44 bits per heavy atom. The Hall–Kier alpha value is -3.03. The van der Waals surface area contributed by atoms with Crippen LogP contribution in [0.25, 0.3) is 10.2 Å². The van der Waals surface area contributed by atoms with Gasteiger partial charge in [-0.25, -0.2) is 17.9 Å². The van der Waals surface area contributed by atoms with Crippen LogP contribution in [0.15, 0.2) is 38.5 Å². The summed E-state index contributed by atoms with van der Waals surface area (Å²) in [6.45, 7) is 3.88. The first-order valence-electron chi connectivity index (χ1n) is 10.7. The van der Waals surface area contributed by atoms with Gasteiger partial charge in [-0.05, 0) is 32.8 Å². The number of aromatic nitrogens is 6. The lowest BCUT2D eigenvalue weighted by Gasteiger charge is -2.11. The largest absolute Gasteiger partial charge is 0.332 e. The molecule has 34 heavy (non-hydrogen) atoms. The maximum absolute atomic E-state index is 13.5. The molecule has 5 rings (SSSR count). The van der Waals surface area contributed by atoms with E-state index in [1.807, 2.05) is 20.0 Å². The first-order valence-corrected chi connectivity index (χ1v) is 13.0. The second-order valence-electron chi connectivity index (χ2n) is 9.15. The summed E-state index contributed by atoms with van der Waals surface area (Å²) in [7, 11) is -0.292. The maximum atomic E-state index is 13.5. The highest BCUT2D eigenvalue weighted by Gasteiger charge is 2.41. The first kappa shape index (κ1) is 22.7. The molecular formula is C21H25N7O4S2. The number of hydrogen-bond donors (Lipinski definition) is 1. The summed E-state index contributed by atoms with van der Waals surface area (Å²) in [6, 6.07) is 1.38. The fraction of sp³-hybridized carbons (Fsp3) is 0.429. The summed E-state index contributed by atoms with van der Waals surface area (Å²) in [6.07, 6.45) is 6.66. The summed E-state index contributed by atoms with van der Waals surface area (Å²) < 4.78 is 34.6. The van der Waals surface area contributed by atoms with E-state index in [1.54, 1.807) is 35.9 Å². The van der Waals surface area contributed by atoms with Crippen molar-refractivity contribution >= 4 is 31.6 Å². The standard InChI is InChI=1S/C21H25N7O4S2/c1-13-15(11-26(4)23-13)12-28-19-16(7-17(33-19)34(31,32)24-21(2)5-6-21)18(29)27(20(28)30)10-14-8-22-25(3)9-14/h7-9,11,24H,5-6,10,12H2,1-4H3. The normalized spacial score (nSPS) is 15.3. The molecule has 11 nitrogen and oxygen atoms in total. The number of rotatable bonds is 7. The van der Waals surface area contributed by atoms with E-state index < -0.39 is 26.8 Å². The van der Waals surface area contributed by atoms with Gasteiger partial charge in [0.2, 0.25) is 0 Å². The van der Waals surface area contributed by atoms with Crippen molar-refractivity contribution in [1.82, 2.24) is 33.4 Å². The van der Waals surface area contributed by atoms with Gasteiger partial charge in [-0.2, -0.15) is 10.2 Å². The van der Waals surface area contributed by atoms with Crippen LogP contribution in [0.1, 0.15) is 36.6 Å². The highest BCUT2D eigenvalue weighted by Crippen LogP contribution is 2.37.